The second kappa shape index (κ2) is 13.9. The standard InChI is InChI=1S/C27H32O6/c1-4-6-7-8-9-10-25(28)32-23-15-13-22(14-16-23)27(30)33-24-17-11-21(12-18-24)26(29)31-19-20(3)5-2/h4,11-18,20H,1,5-10,19H2,2-3H3/t20-/m0/s1. The summed E-state index contributed by atoms with van der Waals surface area (Å²) in [5.74, 6) is -0.270. The minimum Gasteiger partial charge on any atom is -0.462 e. The lowest BCUT2D eigenvalue weighted by Crippen LogP contribution is -2.12. The molecule has 176 valence electrons. The average Bonchev–Trinajstić information content (AvgIpc) is 2.83. The van der Waals surface area contributed by atoms with Crippen molar-refractivity contribution in [2.75, 3.05) is 6.61 Å². The van der Waals surface area contributed by atoms with Crippen LogP contribution >= 0.6 is 0 Å². The van der Waals surface area contributed by atoms with Crippen LogP contribution in [0.1, 0.15) is 73.1 Å². The maximum atomic E-state index is 12.4. The lowest BCUT2D eigenvalue weighted by molar-refractivity contribution is -0.134. The second-order valence-electron chi connectivity index (χ2n) is 7.91. The van der Waals surface area contributed by atoms with Crippen LogP contribution < -0.4 is 9.47 Å². The van der Waals surface area contributed by atoms with Crippen LogP contribution in [0.5, 0.6) is 11.5 Å². The van der Waals surface area contributed by atoms with E-state index in [0.29, 0.717) is 41.6 Å². The van der Waals surface area contributed by atoms with Crippen molar-refractivity contribution in [1.29, 1.82) is 0 Å². The van der Waals surface area contributed by atoms with Gasteiger partial charge in [-0.05, 0) is 73.7 Å². The topological polar surface area (TPSA) is 78.9 Å². The van der Waals surface area contributed by atoms with Gasteiger partial charge in [-0.1, -0.05) is 32.8 Å². The molecule has 0 heterocycles. The Hall–Kier alpha value is -3.41. The molecule has 0 saturated carbocycles. The van der Waals surface area contributed by atoms with Crippen LogP contribution in [0.4, 0.5) is 0 Å². The van der Waals surface area contributed by atoms with Gasteiger partial charge in [-0.25, -0.2) is 9.59 Å². The van der Waals surface area contributed by atoms with E-state index in [9.17, 15) is 14.4 Å². The molecule has 33 heavy (non-hydrogen) atoms. The van der Waals surface area contributed by atoms with Gasteiger partial charge < -0.3 is 14.2 Å². The highest BCUT2D eigenvalue weighted by Crippen LogP contribution is 2.18. The SMILES string of the molecule is C=CCCCCCC(=O)Oc1ccc(C(=O)Oc2ccc(C(=O)OC[C@@H](C)CC)cc2)cc1. The Morgan fingerprint density at radius 2 is 1.42 bits per heavy atom. The number of ether oxygens (including phenoxy) is 3. The predicted octanol–water partition coefficient (Wildman–Crippen LogP) is 6.15. The number of hydrogen-bond donors (Lipinski definition) is 0. The van der Waals surface area contributed by atoms with Crippen molar-refractivity contribution in [3.8, 4) is 11.5 Å². The largest absolute Gasteiger partial charge is 0.462 e. The summed E-state index contributed by atoms with van der Waals surface area (Å²) < 4.78 is 15.9. The van der Waals surface area contributed by atoms with Crippen LogP contribution in [0.25, 0.3) is 0 Å². The zero-order chi connectivity index (χ0) is 24.1. The van der Waals surface area contributed by atoms with Crippen molar-refractivity contribution in [3.63, 3.8) is 0 Å². The minimum atomic E-state index is -0.554. The van der Waals surface area contributed by atoms with E-state index in [4.69, 9.17) is 14.2 Å². The fourth-order valence-corrected chi connectivity index (χ4v) is 2.82. The van der Waals surface area contributed by atoms with Gasteiger partial charge in [0, 0.05) is 6.42 Å². The number of hydrogen-bond acceptors (Lipinski definition) is 6. The molecule has 0 aliphatic carbocycles. The maximum Gasteiger partial charge on any atom is 0.343 e. The summed E-state index contributed by atoms with van der Waals surface area (Å²) in [7, 11) is 0. The molecular formula is C27H32O6. The molecule has 2 aromatic carbocycles. The number of carbonyl (C=O) groups excluding carboxylic acids is 3. The highest BCUT2D eigenvalue weighted by Gasteiger charge is 2.13. The first-order valence-corrected chi connectivity index (χ1v) is 11.3. The molecule has 0 fully saturated rings. The molecule has 6 heteroatoms. The summed E-state index contributed by atoms with van der Waals surface area (Å²) in [5, 5.41) is 0. The molecule has 0 spiro atoms. The molecule has 0 unspecified atom stereocenters. The number of rotatable bonds is 13. The highest BCUT2D eigenvalue weighted by atomic mass is 16.5. The lowest BCUT2D eigenvalue weighted by Gasteiger charge is -2.10. The third-order valence-electron chi connectivity index (χ3n) is 5.11. The van der Waals surface area contributed by atoms with Gasteiger partial charge in [-0.2, -0.15) is 0 Å². The van der Waals surface area contributed by atoms with Crippen LogP contribution in [0.2, 0.25) is 0 Å². The van der Waals surface area contributed by atoms with E-state index in [2.05, 4.69) is 6.58 Å². The Labute approximate surface area is 195 Å². The van der Waals surface area contributed by atoms with Gasteiger partial charge >= 0.3 is 17.9 Å². The fourth-order valence-electron chi connectivity index (χ4n) is 2.82. The summed E-state index contributed by atoms with van der Waals surface area (Å²) in [6.45, 7) is 8.09. The number of carbonyl (C=O) groups is 3. The van der Waals surface area contributed by atoms with Gasteiger partial charge in [0.2, 0.25) is 0 Å². The van der Waals surface area contributed by atoms with Crippen LogP contribution in [0.15, 0.2) is 61.2 Å². The Bertz CT molecular complexity index is 915. The van der Waals surface area contributed by atoms with Crippen molar-refractivity contribution in [2.24, 2.45) is 5.92 Å². The molecule has 0 aliphatic rings. The van der Waals surface area contributed by atoms with Crippen molar-refractivity contribution >= 4 is 17.9 Å². The van der Waals surface area contributed by atoms with E-state index in [-0.39, 0.29) is 5.97 Å². The van der Waals surface area contributed by atoms with E-state index in [0.717, 1.165) is 32.1 Å². The molecule has 2 rings (SSSR count). The number of esters is 3. The number of unbranched alkanes of at least 4 members (excludes halogenated alkanes) is 3. The predicted molar refractivity (Wildman–Crippen MR) is 126 cm³/mol. The second-order valence-corrected chi connectivity index (χ2v) is 7.91. The van der Waals surface area contributed by atoms with Gasteiger partial charge in [-0.15, -0.1) is 6.58 Å². The zero-order valence-electron chi connectivity index (χ0n) is 19.4. The van der Waals surface area contributed by atoms with Crippen molar-refractivity contribution < 1.29 is 28.6 Å². The smallest absolute Gasteiger partial charge is 0.343 e. The average molecular weight is 453 g/mol. The van der Waals surface area contributed by atoms with E-state index >= 15 is 0 Å². The molecule has 1 atom stereocenters. The van der Waals surface area contributed by atoms with E-state index in [1.807, 2.05) is 19.9 Å². The van der Waals surface area contributed by atoms with E-state index < -0.39 is 11.9 Å². The summed E-state index contributed by atoms with van der Waals surface area (Å²) in [5.41, 5.74) is 0.709. The molecule has 0 saturated heterocycles. The monoisotopic (exact) mass is 452 g/mol. The Morgan fingerprint density at radius 1 is 0.848 bits per heavy atom. The maximum absolute atomic E-state index is 12.4. The first-order valence-electron chi connectivity index (χ1n) is 11.3. The third kappa shape index (κ3) is 9.31. The summed E-state index contributed by atoms with van der Waals surface area (Å²) in [6, 6.07) is 12.4. The summed E-state index contributed by atoms with van der Waals surface area (Å²) in [4.78, 5) is 36.3. The molecule has 0 bridgehead atoms. The zero-order valence-corrected chi connectivity index (χ0v) is 19.4. The highest BCUT2D eigenvalue weighted by molar-refractivity contribution is 5.92. The normalized spacial score (nSPS) is 11.3. The van der Waals surface area contributed by atoms with Crippen LogP contribution in [-0.2, 0) is 9.53 Å². The van der Waals surface area contributed by atoms with E-state index in [1.54, 1.807) is 36.4 Å². The molecule has 0 aromatic heterocycles. The number of benzene rings is 2. The summed E-state index contributed by atoms with van der Waals surface area (Å²) >= 11 is 0. The Kier molecular flexibility index (Phi) is 10.9. The van der Waals surface area contributed by atoms with Crippen molar-refractivity contribution in [2.45, 2.75) is 52.4 Å². The Balaban J connectivity index is 1.82. The molecule has 2 aromatic rings. The quantitative estimate of drug-likeness (QED) is 0.157. The molecule has 0 radical (unpaired) electrons. The number of allylic oxidation sites excluding steroid dienone is 1. The molecule has 0 amide bonds. The van der Waals surface area contributed by atoms with Crippen LogP contribution in [0, 0.1) is 5.92 Å². The first-order chi connectivity index (χ1) is 15.9. The van der Waals surface area contributed by atoms with Gasteiger partial charge in [-0.3, -0.25) is 4.79 Å². The molecule has 0 N–H and O–H groups in total. The van der Waals surface area contributed by atoms with E-state index in [1.165, 1.54) is 12.1 Å². The van der Waals surface area contributed by atoms with Gasteiger partial charge in [0.25, 0.3) is 0 Å². The van der Waals surface area contributed by atoms with Crippen LogP contribution in [-0.4, -0.2) is 24.5 Å². The fraction of sp³-hybridized carbons (Fsp3) is 0.370. The lowest BCUT2D eigenvalue weighted by atomic mass is 10.1. The van der Waals surface area contributed by atoms with Gasteiger partial charge in [0.1, 0.15) is 11.5 Å². The summed E-state index contributed by atoms with van der Waals surface area (Å²) in [6.07, 6.45) is 6.83. The van der Waals surface area contributed by atoms with Crippen molar-refractivity contribution in [1.82, 2.24) is 0 Å². The molecule has 6 nitrogen and oxygen atoms in total. The Morgan fingerprint density at radius 3 is 2.00 bits per heavy atom. The van der Waals surface area contributed by atoms with Crippen molar-refractivity contribution in [3.05, 3.63) is 72.3 Å². The van der Waals surface area contributed by atoms with Gasteiger partial charge in [0.15, 0.2) is 0 Å². The first kappa shape index (κ1) is 25.8. The molecule has 0 aliphatic heterocycles. The third-order valence-corrected chi connectivity index (χ3v) is 5.11. The van der Waals surface area contributed by atoms with Gasteiger partial charge in [0.05, 0.1) is 17.7 Å². The van der Waals surface area contributed by atoms with Crippen LogP contribution in [0.3, 0.4) is 0 Å². The molecular weight excluding hydrogens is 420 g/mol. The minimum absolute atomic E-state index is 0.299.